The van der Waals surface area contributed by atoms with E-state index in [4.69, 9.17) is 0 Å². The van der Waals surface area contributed by atoms with E-state index >= 15 is 0 Å². The zero-order valence-corrected chi connectivity index (χ0v) is 16.5. The number of benzene rings is 2. The maximum Gasteiger partial charge on any atom is 0.238 e. The molecule has 1 amide bonds. The summed E-state index contributed by atoms with van der Waals surface area (Å²) in [5.74, 6) is 0.413. The van der Waals surface area contributed by atoms with Crippen molar-refractivity contribution in [2.75, 3.05) is 0 Å². The van der Waals surface area contributed by atoms with Crippen LogP contribution in [-0.4, -0.2) is 29.8 Å². The Kier molecular flexibility index (Phi) is 5.46. The molecule has 0 unspecified atom stereocenters. The molecular formula is C24H25N3O2. The number of carbonyl (C=O) groups excluding carboxylic acids is 2. The van der Waals surface area contributed by atoms with Gasteiger partial charge in [0.05, 0.1) is 12.1 Å². The highest BCUT2D eigenvalue weighted by atomic mass is 16.2. The van der Waals surface area contributed by atoms with E-state index in [1.54, 1.807) is 6.92 Å². The summed E-state index contributed by atoms with van der Waals surface area (Å²) in [6, 6.07) is 17.5. The second-order valence-corrected chi connectivity index (χ2v) is 8.14. The molecule has 2 aromatic rings. The lowest BCUT2D eigenvalue weighted by molar-refractivity contribution is -0.124. The quantitative estimate of drug-likeness (QED) is 0.746. The zero-order chi connectivity index (χ0) is 20.4. The Hall–Kier alpha value is -2.97. The van der Waals surface area contributed by atoms with E-state index in [0.29, 0.717) is 23.9 Å². The number of hydrogen-bond donors (Lipinski definition) is 2. The second-order valence-electron chi connectivity index (χ2n) is 8.14. The highest BCUT2D eigenvalue weighted by molar-refractivity contribution is 5.94. The molecule has 1 aliphatic carbocycles. The van der Waals surface area contributed by atoms with Crippen LogP contribution in [0.4, 0.5) is 0 Å². The monoisotopic (exact) mass is 387 g/mol. The molecule has 1 aliphatic heterocycles. The molecule has 4 atom stereocenters. The van der Waals surface area contributed by atoms with Crippen molar-refractivity contribution in [3.8, 4) is 17.2 Å². The molecule has 5 nitrogen and oxygen atoms in total. The van der Waals surface area contributed by atoms with Crippen LogP contribution in [0.2, 0.25) is 0 Å². The number of nitrogens with zero attached hydrogens (tertiary/aromatic N) is 1. The molecule has 0 spiro atoms. The highest BCUT2D eigenvalue weighted by Gasteiger charge is 2.43. The number of ketones is 1. The summed E-state index contributed by atoms with van der Waals surface area (Å²) >= 11 is 0. The molecule has 0 aromatic heterocycles. The molecule has 5 heteroatoms. The Labute approximate surface area is 171 Å². The van der Waals surface area contributed by atoms with Gasteiger partial charge in [-0.1, -0.05) is 48.5 Å². The van der Waals surface area contributed by atoms with Crippen molar-refractivity contribution >= 4 is 11.7 Å². The van der Waals surface area contributed by atoms with E-state index in [1.807, 2.05) is 48.5 Å². The van der Waals surface area contributed by atoms with Gasteiger partial charge in [-0.15, -0.1) is 0 Å². The second kappa shape index (κ2) is 8.18. The number of nitriles is 1. The van der Waals surface area contributed by atoms with Crippen molar-refractivity contribution in [1.29, 1.82) is 5.26 Å². The van der Waals surface area contributed by atoms with Gasteiger partial charge in [0, 0.05) is 18.0 Å². The molecule has 1 heterocycles. The molecule has 0 radical (unpaired) electrons. The third-order valence-corrected chi connectivity index (χ3v) is 6.13. The first-order chi connectivity index (χ1) is 14.0. The van der Waals surface area contributed by atoms with Crippen molar-refractivity contribution in [3.63, 3.8) is 0 Å². The Balaban J connectivity index is 1.37. The number of amides is 1. The maximum absolute atomic E-state index is 12.6. The summed E-state index contributed by atoms with van der Waals surface area (Å²) in [5.41, 5.74) is 3.78. The van der Waals surface area contributed by atoms with Gasteiger partial charge < -0.3 is 10.6 Å². The van der Waals surface area contributed by atoms with Crippen molar-refractivity contribution in [2.24, 2.45) is 5.92 Å². The van der Waals surface area contributed by atoms with Gasteiger partial charge in [0.2, 0.25) is 5.91 Å². The maximum atomic E-state index is 12.6. The van der Waals surface area contributed by atoms with E-state index < -0.39 is 6.04 Å². The fraction of sp³-hybridized carbons (Fsp3) is 0.375. The van der Waals surface area contributed by atoms with Crippen LogP contribution in [0.5, 0.6) is 0 Å². The van der Waals surface area contributed by atoms with Gasteiger partial charge >= 0.3 is 0 Å². The van der Waals surface area contributed by atoms with Gasteiger partial charge in [-0.2, -0.15) is 5.26 Å². The lowest BCUT2D eigenvalue weighted by Gasteiger charge is -2.23. The number of Topliss-reactive ketones (excluding diaryl/α,β-unsaturated/α-hetero) is 1. The molecule has 2 bridgehead atoms. The van der Waals surface area contributed by atoms with Crippen molar-refractivity contribution in [2.45, 2.75) is 50.7 Å². The number of nitrogens with one attached hydrogen (secondary N) is 2. The lowest BCUT2D eigenvalue weighted by atomic mass is 9.98. The summed E-state index contributed by atoms with van der Waals surface area (Å²) in [5, 5.41) is 15.8. The largest absolute Gasteiger partial charge is 0.339 e. The van der Waals surface area contributed by atoms with E-state index in [9.17, 15) is 14.9 Å². The zero-order valence-electron chi connectivity index (χ0n) is 16.5. The smallest absolute Gasteiger partial charge is 0.238 e. The number of piperidine rings is 1. The minimum Gasteiger partial charge on any atom is -0.339 e. The van der Waals surface area contributed by atoms with Gasteiger partial charge in [-0.05, 0) is 48.8 Å². The highest BCUT2D eigenvalue weighted by Crippen LogP contribution is 2.35. The summed E-state index contributed by atoms with van der Waals surface area (Å²) in [6.45, 7) is 1.56. The summed E-state index contributed by atoms with van der Waals surface area (Å²) in [6.07, 6.45) is 3.80. The van der Waals surface area contributed by atoms with Crippen LogP contribution in [0.3, 0.4) is 0 Å². The van der Waals surface area contributed by atoms with Crippen LogP contribution in [0.15, 0.2) is 48.5 Å². The molecular weight excluding hydrogens is 362 g/mol. The first-order valence-electron chi connectivity index (χ1n) is 10.2. The van der Waals surface area contributed by atoms with E-state index in [2.05, 4.69) is 16.7 Å². The molecule has 2 aromatic carbocycles. The average molecular weight is 387 g/mol. The van der Waals surface area contributed by atoms with Gasteiger partial charge in [0.1, 0.15) is 6.04 Å². The minimum atomic E-state index is -0.538. The molecule has 29 heavy (non-hydrogen) atoms. The fourth-order valence-electron chi connectivity index (χ4n) is 4.51. The third kappa shape index (κ3) is 4.23. The number of rotatable bonds is 6. The normalized spacial score (nSPS) is 23.4. The molecule has 2 fully saturated rings. The average Bonchev–Trinajstić information content (AvgIpc) is 3.37. The van der Waals surface area contributed by atoms with Crippen LogP contribution >= 0.6 is 0 Å². The Bertz CT molecular complexity index is 944. The summed E-state index contributed by atoms with van der Waals surface area (Å²) in [7, 11) is 0. The minimum absolute atomic E-state index is 0.0501. The fourth-order valence-corrected chi connectivity index (χ4v) is 4.51. The Morgan fingerprint density at radius 1 is 1.10 bits per heavy atom. The van der Waals surface area contributed by atoms with E-state index in [-0.39, 0.29) is 17.7 Å². The standard InChI is InChI=1S/C24H25N3O2/c1-15(28)17-6-8-19(9-7-17)18-4-2-16(3-5-18)12-22(14-25)27-24(29)23-20-10-11-21(13-20)26-23/h2-9,20-23,26H,10-13H2,1H3,(H,27,29)/t20-,21+,22-,23-/m0/s1. The van der Waals surface area contributed by atoms with Gasteiger partial charge in [-0.3, -0.25) is 9.59 Å². The van der Waals surface area contributed by atoms with Crippen molar-refractivity contribution in [1.82, 2.24) is 10.6 Å². The first kappa shape index (κ1) is 19.4. The number of fused-ring (bicyclic) bond motifs is 2. The molecule has 2 N–H and O–H groups in total. The van der Waals surface area contributed by atoms with Crippen LogP contribution < -0.4 is 10.6 Å². The van der Waals surface area contributed by atoms with Crippen LogP contribution in [0.25, 0.3) is 11.1 Å². The number of carbonyl (C=O) groups is 2. The predicted octanol–water partition coefficient (Wildman–Crippen LogP) is 3.25. The molecule has 1 saturated heterocycles. The van der Waals surface area contributed by atoms with Crippen LogP contribution in [-0.2, 0) is 11.2 Å². The first-order valence-corrected chi connectivity index (χ1v) is 10.2. The van der Waals surface area contributed by atoms with Crippen LogP contribution in [0.1, 0.15) is 42.1 Å². The predicted molar refractivity (Wildman–Crippen MR) is 111 cm³/mol. The lowest BCUT2D eigenvalue weighted by Crippen LogP contribution is -2.50. The SMILES string of the molecule is CC(=O)c1ccc(-c2ccc(C[C@@H](C#N)NC(=O)[C@H]3N[C@@H]4CC[C@H]3C4)cc2)cc1. The van der Waals surface area contributed by atoms with Crippen molar-refractivity contribution in [3.05, 3.63) is 59.7 Å². The number of hydrogen-bond acceptors (Lipinski definition) is 4. The Morgan fingerprint density at radius 2 is 1.76 bits per heavy atom. The van der Waals surface area contributed by atoms with Gasteiger partial charge in [0.25, 0.3) is 0 Å². The van der Waals surface area contributed by atoms with E-state index in [0.717, 1.165) is 36.0 Å². The third-order valence-electron chi connectivity index (χ3n) is 6.13. The topological polar surface area (TPSA) is 82.0 Å². The van der Waals surface area contributed by atoms with Crippen molar-refractivity contribution < 1.29 is 9.59 Å². The summed E-state index contributed by atoms with van der Waals surface area (Å²) < 4.78 is 0. The molecule has 4 rings (SSSR count). The Morgan fingerprint density at radius 3 is 2.28 bits per heavy atom. The van der Waals surface area contributed by atoms with Gasteiger partial charge in [0.15, 0.2) is 5.78 Å². The molecule has 2 aliphatic rings. The summed E-state index contributed by atoms with van der Waals surface area (Å²) in [4.78, 5) is 24.0. The van der Waals surface area contributed by atoms with Gasteiger partial charge in [-0.25, -0.2) is 0 Å². The molecule has 148 valence electrons. The van der Waals surface area contributed by atoms with Crippen LogP contribution in [0, 0.1) is 17.2 Å². The molecule has 1 saturated carbocycles. The van der Waals surface area contributed by atoms with E-state index in [1.165, 1.54) is 0 Å².